The normalized spacial score (nSPS) is 16.9. The Morgan fingerprint density at radius 2 is 2.10 bits per heavy atom. The first-order valence-corrected chi connectivity index (χ1v) is 7.60. The maximum atomic E-state index is 5.34. The molecule has 1 N–H and O–H groups in total. The Hall–Kier alpha value is -1.02. The fourth-order valence-electron chi connectivity index (χ4n) is 2.33. The van der Waals surface area contributed by atoms with E-state index in [2.05, 4.69) is 40.5 Å². The van der Waals surface area contributed by atoms with E-state index in [9.17, 15) is 0 Å². The topological polar surface area (TPSA) is 54.7 Å². The van der Waals surface area contributed by atoms with E-state index in [-0.39, 0.29) is 0 Å². The molecule has 6 nitrogen and oxygen atoms in total. The molecule has 0 unspecified atom stereocenters. The molecule has 0 aliphatic carbocycles. The second-order valence-corrected chi connectivity index (χ2v) is 5.63. The minimum Gasteiger partial charge on any atom is -0.379 e. The summed E-state index contributed by atoms with van der Waals surface area (Å²) in [5, 5.41) is 3.47. The average Bonchev–Trinajstić information content (AvgIpc) is 2.87. The summed E-state index contributed by atoms with van der Waals surface area (Å²) in [5.74, 6) is 0. The minimum absolute atomic E-state index is 0.808. The van der Waals surface area contributed by atoms with Gasteiger partial charge in [-0.25, -0.2) is 9.97 Å². The molecule has 3 heterocycles. The highest BCUT2D eigenvalue weighted by atomic mass is 79.9. The van der Waals surface area contributed by atoms with Gasteiger partial charge in [0.1, 0.15) is 4.60 Å². The first-order valence-electron chi connectivity index (χ1n) is 6.81. The Balaban J connectivity index is 1.50. The van der Waals surface area contributed by atoms with Gasteiger partial charge in [0.15, 0.2) is 5.65 Å². The van der Waals surface area contributed by atoms with E-state index < -0.39 is 0 Å². The van der Waals surface area contributed by atoms with Crippen LogP contribution < -0.4 is 5.32 Å². The molecule has 0 saturated carbocycles. The number of aromatic nitrogens is 3. The fraction of sp³-hybridized carbons (Fsp3) is 0.538. The van der Waals surface area contributed by atoms with Gasteiger partial charge < -0.3 is 10.1 Å². The molecular weight excluding hydrogens is 322 g/mol. The van der Waals surface area contributed by atoms with E-state index in [0.29, 0.717) is 0 Å². The summed E-state index contributed by atoms with van der Waals surface area (Å²) < 4.78 is 8.21. The third-order valence-corrected chi connectivity index (χ3v) is 3.87. The number of nitrogens with zero attached hydrogens (tertiary/aromatic N) is 4. The van der Waals surface area contributed by atoms with Crippen molar-refractivity contribution in [3.63, 3.8) is 0 Å². The standard InChI is InChI=1S/C13H18BrN5O/c14-12-10-19-11(8-17-13(19)9-16-12)7-15-1-2-18-3-5-20-6-4-18/h8-10,15H,1-7H2. The predicted octanol–water partition coefficient (Wildman–Crippen LogP) is 0.914. The van der Waals surface area contributed by atoms with Crippen molar-refractivity contribution < 1.29 is 4.74 Å². The summed E-state index contributed by atoms with van der Waals surface area (Å²) in [6.07, 6.45) is 5.60. The number of morpholine rings is 1. The van der Waals surface area contributed by atoms with Crippen LogP contribution >= 0.6 is 15.9 Å². The maximum absolute atomic E-state index is 5.34. The average molecular weight is 340 g/mol. The molecule has 108 valence electrons. The molecule has 2 aromatic rings. The van der Waals surface area contributed by atoms with Gasteiger partial charge in [0.25, 0.3) is 0 Å². The smallest absolute Gasteiger partial charge is 0.155 e. The number of rotatable bonds is 5. The van der Waals surface area contributed by atoms with E-state index in [1.807, 2.05) is 12.4 Å². The SMILES string of the molecule is Brc1cn2c(CNCCN3CCOCC3)cnc2cn1. The van der Waals surface area contributed by atoms with Crippen molar-refractivity contribution in [2.45, 2.75) is 6.54 Å². The van der Waals surface area contributed by atoms with Crippen LogP contribution in [0.4, 0.5) is 0 Å². The summed E-state index contributed by atoms with van der Waals surface area (Å²) >= 11 is 3.39. The zero-order valence-corrected chi connectivity index (χ0v) is 12.8. The van der Waals surface area contributed by atoms with Crippen molar-refractivity contribution in [3.05, 3.63) is 28.9 Å². The van der Waals surface area contributed by atoms with E-state index in [1.54, 1.807) is 6.20 Å². The Bertz CT molecular complexity index is 567. The molecule has 0 aromatic carbocycles. The third kappa shape index (κ3) is 3.35. The lowest BCUT2D eigenvalue weighted by Crippen LogP contribution is -2.40. The molecule has 0 spiro atoms. The van der Waals surface area contributed by atoms with Crippen LogP contribution in [0.15, 0.2) is 23.2 Å². The number of imidazole rings is 1. The van der Waals surface area contributed by atoms with Gasteiger partial charge in [-0.15, -0.1) is 0 Å². The van der Waals surface area contributed by atoms with Crippen LogP contribution in [-0.4, -0.2) is 58.7 Å². The van der Waals surface area contributed by atoms with Gasteiger partial charge in [-0.2, -0.15) is 0 Å². The van der Waals surface area contributed by atoms with Crippen LogP contribution in [0.2, 0.25) is 0 Å². The van der Waals surface area contributed by atoms with Gasteiger partial charge in [-0.05, 0) is 15.9 Å². The van der Waals surface area contributed by atoms with Crippen LogP contribution in [0.1, 0.15) is 5.69 Å². The number of hydrogen-bond donors (Lipinski definition) is 1. The molecule has 7 heteroatoms. The number of halogens is 1. The summed E-state index contributed by atoms with van der Waals surface area (Å²) in [6.45, 7) is 6.63. The highest BCUT2D eigenvalue weighted by Crippen LogP contribution is 2.10. The molecule has 0 bridgehead atoms. The minimum atomic E-state index is 0.808. The van der Waals surface area contributed by atoms with Crippen molar-refractivity contribution in [3.8, 4) is 0 Å². The van der Waals surface area contributed by atoms with Gasteiger partial charge in [-0.1, -0.05) is 0 Å². The fourth-order valence-corrected chi connectivity index (χ4v) is 2.63. The van der Waals surface area contributed by atoms with Crippen LogP contribution in [0.5, 0.6) is 0 Å². The Morgan fingerprint density at radius 1 is 1.25 bits per heavy atom. The number of ether oxygens (including phenoxy) is 1. The lowest BCUT2D eigenvalue weighted by molar-refractivity contribution is 0.0384. The van der Waals surface area contributed by atoms with Crippen LogP contribution in [0.3, 0.4) is 0 Å². The summed E-state index contributed by atoms with van der Waals surface area (Å²) in [4.78, 5) is 10.9. The monoisotopic (exact) mass is 339 g/mol. The quantitative estimate of drug-likeness (QED) is 0.821. The molecule has 0 radical (unpaired) electrons. The molecule has 1 saturated heterocycles. The summed E-state index contributed by atoms with van der Waals surface area (Å²) in [6, 6.07) is 0. The Kier molecular flexibility index (Phi) is 4.62. The zero-order chi connectivity index (χ0) is 13.8. The predicted molar refractivity (Wildman–Crippen MR) is 79.7 cm³/mol. The molecule has 0 atom stereocenters. The third-order valence-electron chi connectivity index (χ3n) is 3.46. The molecule has 20 heavy (non-hydrogen) atoms. The van der Waals surface area contributed by atoms with Crippen LogP contribution in [0.25, 0.3) is 5.65 Å². The van der Waals surface area contributed by atoms with E-state index >= 15 is 0 Å². The van der Waals surface area contributed by atoms with Crippen molar-refractivity contribution >= 4 is 21.6 Å². The first kappa shape index (κ1) is 13.9. The zero-order valence-electron chi connectivity index (χ0n) is 11.3. The van der Waals surface area contributed by atoms with Crippen molar-refractivity contribution in [2.24, 2.45) is 0 Å². The molecular formula is C13H18BrN5O. The number of hydrogen-bond acceptors (Lipinski definition) is 5. The van der Waals surface area contributed by atoms with Crippen molar-refractivity contribution in [1.82, 2.24) is 24.6 Å². The second kappa shape index (κ2) is 6.62. The van der Waals surface area contributed by atoms with Gasteiger partial charge in [0.05, 0.1) is 31.3 Å². The largest absolute Gasteiger partial charge is 0.379 e. The summed E-state index contributed by atoms with van der Waals surface area (Å²) in [7, 11) is 0. The molecule has 0 amide bonds. The van der Waals surface area contributed by atoms with E-state index in [4.69, 9.17) is 4.74 Å². The lowest BCUT2D eigenvalue weighted by atomic mass is 10.4. The number of nitrogens with one attached hydrogen (secondary N) is 1. The Morgan fingerprint density at radius 3 is 2.95 bits per heavy atom. The van der Waals surface area contributed by atoms with Gasteiger partial charge >= 0.3 is 0 Å². The number of fused-ring (bicyclic) bond motifs is 1. The van der Waals surface area contributed by atoms with Gasteiger partial charge in [0.2, 0.25) is 0 Å². The highest BCUT2D eigenvalue weighted by Gasteiger charge is 2.09. The highest BCUT2D eigenvalue weighted by molar-refractivity contribution is 9.10. The molecule has 1 aliphatic rings. The van der Waals surface area contributed by atoms with Crippen molar-refractivity contribution in [1.29, 1.82) is 0 Å². The second-order valence-electron chi connectivity index (χ2n) is 4.82. The molecule has 1 aliphatic heterocycles. The maximum Gasteiger partial charge on any atom is 0.155 e. The van der Waals surface area contributed by atoms with E-state index in [0.717, 1.165) is 61.9 Å². The van der Waals surface area contributed by atoms with Crippen LogP contribution in [-0.2, 0) is 11.3 Å². The Labute approximate surface area is 126 Å². The van der Waals surface area contributed by atoms with Crippen molar-refractivity contribution in [2.75, 3.05) is 39.4 Å². The van der Waals surface area contributed by atoms with Crippen LogP contribution in [0, 0.1) is 0 Å². The molecule has 1 fully saturated rings. The summed E-state index contributed by atoms with van der Waals surface area (Å²) in [5.41, 5.74) is 2.02. The molecule has 2 aromatic heterocycles. The lowest BCUT2D eigenvalue weighted by Gasteiger charge is -2.26. The first-order chi connectivity index (χ1) is 9.83. The van der Waals surface area contributed by atoms with E-state index in [1.165, 1.54) is 0 Å². The molecule has 3 rings (SSSR count). The van der Waals surface area contributed by atoms with Gasteiger partial charge in [-0.3, -0.25) is 9.30 Å². The van der Waals surface area contributed by atoms with Gasteiger partial charge in [0, 0.05) is 38.9 Å².